The van der Waals surface area contributed by atoms with Gasteiger partial charge in [0.25, 0.3) is 0 Å². The molecule has 4 aromatic carbocycles. The number of benzene rings is 4. The van der Waals surface area contributed by atoms with Crippen molar-refractivity contribution in [3.05, 3.63) is 78.9 Å². The Morgan fingerprint density at radius 3 is 1.59 bits per heavy atom. The van der Waals surface area contributed by atoms with Gasteiger partial charge < -0.3 is 27.5 Å². The van der Waals surface area contributed by atoms with E-state index in [1.807, 2.05) is 0 Å². The van der Waals surface area contributed by atoms with Crippen LogP contribution in [0.25, 0.3) is 0 Å². The fraction of sp³-hybridized carbons (Fsp3) is 0. The summed E-state index contributed by atoms with van der Waals surface area (Å²) in [7, 11) is -4.55. The molecule has 192 valence electrons. The first kappa shape index (κ1) is 29.3. The van der Waals surface area contributed by atoms with E-state index in [1.165, 1.54) is 24.3 Å². The summed E-state index contributed by atoms with van der Waals surface area (Å²) >= 11 is 0. The van der Waals surface area contributed by atoms with Crippen molar-refractivity contribution in [1.82, 2.24) is 0 Å². The van der Waals surface area contributed by atoms with Crippen molar-refractivity contribution in [2.24, 2.45) is 30.7 Å². The van der Waals surface area contributed by atoms with Gasteiger partial charge in [-0.3, -0.25) is 0 Å². The van der Waals surface area contributed by atoms with Crippen LogP contribution in [0.15, 0.2) is 114 Å². The van der Waals surface area contributed by atoms with Crippen LogP contribution in [0.4, 0.5) is 56.9 Å². The number of nitrogens with two attached hydrogens (primary N) is 4. The predicted molar refractivity (Wildman–Crippen MR) is 144 cm³/mol. The van der Waals surface area contributed by atoms with Crippen LogP contribution in [-0.2, 0) is 10.1 Å². The SMILES string of the molecule is Nc1ccc(N=Nc2cccc(N=Nc3cc(N=Nc4ccc(S(=O)(=O)[O-])cc4)c(N)cc3N)c2)c(N)c1.[Na+]. The van der Waals surface area contributed by atoms with Crippen LogP contribution in [0.3, 0.4) is 0 Å². The van der Waals surface area contributed by atoms with E-state index >= 15 is 0 Å². The minimum absolute atomic E-state index is 0. The summed E-state index contributed by atoms with van der Waals surface area (Å²) in [6.45, 7) is 0. The summed E-state index contributed by atoms with van der Waals surface area (Å²) in [5.41, 5.74) is 27.4. The first-order valence-corrected chi connectivity index (χ1v) is 12.2. The number of anilines is 4. The van der Waals surface area contributed by atoms with E-state index in [4.69, 9.17) is 22.9 Å². The molecular weight excluding hydrogens is 531 g/mol. The van der Waals surface area contributed by atoms with Crippen LogP contribution in [0.1, 0.15) is 0 Å². The number of azo groups is 3. The molecule has 0 aliphatic rings. The van der Waals surface area contributed by atoms with Crippen molar-refractivity contribution in [1.29, 1.82) is 0 Å². The van der Waals surface area contributed by atoms with Crippen molar-refractivity contribution >= 4 is 67.0 Å². The maximum absolute atomic E-state index is 11.1. The molecule has 0 amide bonds. The quantitative estimate of drug-likeness (QED) is 0.115. The van der Waals surface area contributed by atoms with E-state index in [1.54, 1.807) is 42.5 Å². The Hall–Kier alpha value is -4.21. The van der Waals surface area contributed by atoms with Crippen molar-refractivity contribution in [2.45, 2.75) is 4.90 Å². The van der Waals surface area contributed by atoms with Gasteiger partial charge in [0.1, 0.15) is 27.2 Å². The topological polar surface area (TPSA) is 235 Å². The molecule has 0 aliphatic carbocycles. The molecule has 0 bridgehead atoms. The smallest absolute Gasteiger partial charge is 0.744 e. The van der Waals surface area contributed by atoms with Gasteiger partial charge in [-0.15, -0.1) is 15.3 Å². The summed E-state index contributed by atoms with van der Waals surface area (Å²) in [5.74, 6) is 0. The normalized spacial score (nSPS) is 11.8. The second kappa shape index (κ2) is 12.6. The van der Waals surface area contributed by atoms with E-state index in [-0.39, 0.29) is 51.5 Å². The van der Waals surface area contributed by atoms with Gasteiger partial charge in [0.05, 0.1) is 39.0 Å². The summed E-state index contributed by atoms with van der Waals surface area (Å²) in [5, 5.41) is 24.8. The Labute approximate surface area is 245 Å². The maximum Gasteiger partial charge on any atom is 1.00 e. The minimum Gasteiger partial charge on any atom is -0.744 e. The van der Waals surface area contributed by atoms with Gasteiger partial charge in [0.2, 0.25) is 0 Å². The summed E-state index contributed by atoms with van der Waals surface area (Å²) in [6, 6.07) is 19.8. The molecule has 15 heteroatoms. The van der Waals surface area contributed by atoms with Crippen molar-refractivity contribution in [3.63, 3.8) is 0 Å². The van der Waals surface area contributed by atoms with E-state index in [0.717, 1.165) is 12.1 Å². The largest absolute Gasteiger partial charge is 1.00 e. The van der Waals surface area contributed by atoms with Gasteiger partial charge in [-0.25, -0.2) is 8.42 Å². The molecular formula is C24H21N10NaO3S. The van der Waals surface area contributed by atoms with E-state index in [2.05, 4.69) is 30.7 Å². The number of rotatable bonds is 7. The molecule has 39 heavy (non-hydrogen) atoms. The standard InChI is InChI=1S/C24H22N10O3S.Na/c25-14-4-9-22(19(26)10-14)32-30-16-2-1-3-17(11-16)31-34-24-13-23(20(27)12-21(24)28)33-29-15-5-7-18(8-6-15)38(35,36)37;/h1-13H,25-28H2,(H,35,36,37);/q;+1/p-1. The zero-order chi connectivity index (χ0) is 27.3. The third-order valence-corrected chi connectivity index (χ3v) is 5.85. The van der Waals surface area contributed by atoms with Crippen molar-refractivity contribution in [2.75, 3.05) is 22.9 Å². The van der Waals surface area contributed by atoms with Crippen LogP contribution in [0, 0.1) is 0 Å². The molecule has 4 rings (SSSR count). The van der Waals surface area contributed by atoms with E-state index in [9.17, 15) is 13.0 Å². The molecule has 13 nitrogen and oxygen atoms in total. The monoisotopic (exact) mass is 552 g/mol. The molecule has 0 saturated carbocycles. The molecule has 0 aliphatic heterocycles. The average molecular weight is 553 g/mol. The molecule has 0 heterocycles. The number of nitrogen functional groups attached to an aromatic ring is 4. The Morgan fingerprint density at radius 2 is 1.05 bits per heavy atom. The molecule has 0 aromatic heterocycles. The number of hydrogen-bond donors (Lipinski definition) is 4. The molecule has 4 aromatic rings. The fourth-order valence-electron chi connectivity index (χ4n) is 3.08. The fourth-order valence-corrected chi connectivity index (χ4v) is 3.55. The van der Waals surface area contributed by atoms with Gasteiger partial charge in [0.15, 0.2) is 0 Å². The summed E-state index contributed by atoms with van der Waals surface area (Å²) < 4.78 is 33.2. The molecule has 0 radical (unpaired) electrons. The molecule has 0 spiro atoms. The van der Waals surface area contributed by atoms with Crippen molar-refractivity contribution < 1.29 is 42.5 Å². The van der Waals surface area contributed by atoms with Crippen molar-refractivity contribution in [3.8, 4) is 0 Å². The first-order chi connectivity index (χ1) is 18.1. The second-order valence-corrected chi connectivity index (χ2v) is 9.24. The summed E-state index contributed by atoms with van der Waals surface area (Å²) in [6.07, 6.45) is 0. The van der Waals surface area contributed by atoms with Gasteiger partial charge in [-0.05, 0) is 72.8 Å². The minimum atomic E-state index is -4.55. The summed E-state index contributed by atoms with van der Waals surface area (Å²) in [4.78, 5) is -0.369. The Kier molecular flexibility index (Phi) is 9.45. The Bertz CT molecular complexity index is 1690. The zero-order valence-corrected chi connectivity index (χ0v) is 23.4. The van der Waals surface area contributed by atoms with Gasteiger partial charge in [0, 0.05) is 5.69 Å². The number of hydrogen-bond acceptors (Lipinski definition) is 13. The molecule has 0 unspecified atom stereocenters. The van der Waals surface area contributed by atoms with Crippen LogP contribution >= 0.6 is 0 Å². The average Bonchev–Trinajstić information content (AvgIpc) is 2.87. The van der Waals surface area contributed by atoms with Gasteiger partial charge >= 0.3 is 29.6 Å². The molecule has 0 saturated heterocycles. The van der Waals surface area contributed by atoms with Gasteiger partial charge in [-0.2, -0.15) is 15.3 Å². The van der Waals surface area contributed by atoms with Crippen LogP contribution in [0.2, 0.25) is 0 Å². The number of nitrogens with zero attached hydrogens (tertiary/aromatic N) is 6. The van der Waals surface area contributed by atoms with Crippen LogP contribution in [-0.4, -0.2) is 13.0 Å². The van der Waals surface area contributed by atoms with E-state index in [0.29, 0.717) is 39.8 Å². The van der Waals surface area contributed by atoms with Gasteiger partial charge in [-0.1, -0.05) is 6.07 Å². The second-order valence-electron chi connectivity index (χ2n) is 7.86. The Morgan fingerprint density at radius 1 is 0.538 bits per heavy atom. The third kappa shape index (κ3) is 7.89. The molecule has 0 atom stereocenters. The van der Waals surface area contributed by atoms with Crippen LogP contribution in [0.5, 0.6) is 0 Å². The third-order valence-electron chi connectivity index (χ3n) is 5.00. The predicted octanol–water partition coefficient (Wildman–Crippen LogP) is 3.17. The van der Waals surface area contributed by atoms with E-state index < -0.39 is 10.1 Å². The maximum atomic E-state index is 11.1. The van der Waals surface area contributed by atoms with Crippen LogP contribution < -0.4 is 52.5 Å². The Balaban J connectivity index is 0.00000420. The molecule has 0 fully saturated rings. The molecule has 8 N–H and O–H groups in total. The zero-order valence-electron chi connectivity index (χ0n) is 20.6. The first-order valence-electron chi connectivity index (χ1n) is 10.8.